The van der Waals surface area contributed by atoms with E-state index in [-0.39, 0.29) is 11.7 Å². The molecule has 0 unspecified atom stereocenters. The van der Waals surface area contributed by atoms with Crippen LogP contribution in [0.2, 0.25) is 0 Å². The highest BCUT2D eigenvalue weighted by Gasteiger charge is 2.08. The van der Waals surface area contributed by atoms with Crippen LogP contribution in [0.5, 0.6) is 0 Å². The lowest BCUT2D eigenvalue weighted by Crippen LogP contribution is -2.15. The van der Waals surface area contributed by atoms with Crippen molar-refractivity contribution in [3.8, 4) is 5.95 Å². The van der Waals surface area contributed by atoms with E-state index in [1.165, 1.54) is 11.0 Å². The SMILES string of the molecule is NC(=NO)c1ncn(-c2ncc(Br)cn2)n1. The zero-order valence-corrected chi connectivity index (χ0v) is 9.40. The first kappa shape index (κ1) is 10.5. The van der Waals surface area contributed by atoms with E-state index in [2.05, 4.69) is 41.1 Å². The molecule has 0 atom stereocenters. The molecule has 0 fully saturated rings. The zero-order chi connectivity index (χ0) is 11.5. The molecular weight excluding hydrogens is 278 g/mol. The van der Waals surface area contributed by atoms with Gasteiger partial charge in [0.15, 0.2) is 0 Å². The highest BCUT2D eigenvalue weighted by Crippen LogP contribution is 2.06. The van der Waals surface area contributed by atoms with Gasteiger partial charge in [-0.15, -0.1) is 5.10 Å². The van der Waals surface area contributed by atoms with Crippen molar-refractivity contribution in [2.24, 2.45) is 10.9 Å². The first-order valence-corrected chi connectivity index (χ1v) is 4.87. The van der Waals surface area contributed by atoms with Crippen LogP contribution in [0.4, 0.5) is 0 Å². The third-order valence-electron chi connectivity index (χ3n) is 1.64. The molecular formula is C7H6BrN7O. The van der Waals surface area contributed by atoms with E-state index in [9.17, 15) is 0 Å². The number of amidine groups is 1. The average molecular weight is 284 g/mol. The maximum absolute atomic E-state index is 8.44. The summed E-state index contributed by atoms with van der Waals surface area (Å²) in [5, 5.41) is 15.2. The van der Waals surface area contributed by atoms with E-state index >= 15 is 0 Å². The second kappa shape index (κ2) is 4.23. The van der Waals surface area contributed by atoms with Gasteiger partial charge in [-0.2, -0.15) is 4.68 Å². The van der Waals surface area contributed by atoms with Gasteiger partial charge in [-0.1, -0.05) is 5.16 Å². The van der Waals surface area contributed by atoms with Gasteiger partial charge in [0, 0.05) is 12.4 Å². The highest BCUT2D eigenvalue weighted by atomic mass is 79.9. The van der Waals surface area contributed by atoms with Gasteiger partial charge in [0.2, 0.25) is 11.7 Å². The molecule has 16 heavy (non-hydrogen) atoms. The lowest BCUT2D eigenvalue weighted by molar-refractivity contribution is 0.318. The maximum atomic E-state index is 8.44. The van der Waals surface area contributed by atoms with Crippen LogP contribution in [0.3, 0.4) is 0 Å². The van der Waals surface area contributed by atoms with Crippen LogP contribution >= 0.6 is 15.9 Å². The van der Waals surface area contributed by atoms with E-state index in [0.29, 0.717) is 5.95 Å². The Hall–Kier alpha value is -2.03. The minimum Gasteiger partial charge on any atom is -0.409 e. The molecule has 2 aromatic heterocycles. The summed E-state index contributed by atoms with van der Waals surface area (Å²) in [4.78, 5) is 11.8. The lowest BCUT2D eigenvalue weighted by Gasteiger charge is -1.96. The monoisotopic (exact) mass is 283 g/mol. The molecule has 0 aromatic carbocycles. The summed E-state index contributed by atoms with van der Waals surface area (Å²) >= 11 is 3.22. The normalized spacial score (nSPS) is 11.7. The van der Waals surface area contributed by atoms with Crippen molar-refractivity contribution in [2.45, 2.75) is 0 Å². The maximum Gasteiger partial charge on any atom is 0.252 e. The van der Waals surface area contributed by atoms with Gasteiger partial charge >= 0.3 is 0 Å². The van der Waals surface area contributed by atoms with E-state index in [0.717, 1.165) is 4.47 Å². The molecule has 2 aromatic rings. The third-order valence-corrected chi connectivity index (χ3v) is 2.05. The number of aromatic nitrogens is 5. The Kier molecular flexibility index (Phi) is 2.77. The van der Waals surface area contributed by atoms with Crippen LogP contribution in [0.1, 0.15) is 5.82 Å². The molecule has 0 saturated carbocycles. The molecule has 0 saturated heterocycles. The number of hydrogen-bond acceptors (Lipinski definition) is 6. The van der Waals surface area contributed by atoms with E-state index in [1.807, 2.05) is 0 Å². The second-order valence-corrected chi connectivity index (χ2v) is 3.61. The Labute approximate surface area is 98.0 Å². The number of rotatable bonds is 2. The number of nitrogens with zero attached hydrogens (tertiary/aromatic N) is 6. The van der Waals surface area contributed by atoms with E-state index in [1.54, 1.807) is 12.4 Å². The summed E-state index contributed by atoms with van der Waals surface area (Å²) in [6, 6.07) is 0. The molecule has 2 rings (SSSR count). The standard InChI is InChI=1S/C7H6BrN7O/c8-4-1-10-7(11-2-4)15-3-12-6(13-15)5(9)14-16/h1-3,16H,(H2,9,14). The Morgan fingerprint density at radius 2 is 2.06 bits per heavy atom. The van der Waals surface area contributed by atoms with E-state index < -0.39 is 0 Å². The molecule has 0 bridgehead atoms. The molecule has 8 nitrogen and oxygen atoms in total. The molecule has 0 aliphatic carbocycles. The summed E-state index contributed by atoms with van der Waals surface area (Å²) < 4.78 is 2.08. The first-order valence-electron chi connectivity index (χ1n) is 4.08. The topological polar surface area (TPSA) is 115 Å². The highest BCUT2D eigenvalue weighted by molar-refractivity contribution is 9.10. The van der Waals surface area contributed by atoms with Gasteiger partial charge in [-0.05, 0) is 15.9 Å². The minimum absolute atomic E-state index is 0.106. The van der Waals surface area contributed by atoms with Crippen molar-refractivity contribution in [2.75, 3.05) is 0 Å². The Morgan fingerprint density at radius 3 is 2.69 bits per heavy atom. The average Bonchev–Trinajstić information content (AvgIpc) is 2.78. The van der Waals surface area contributed by atoms with Gasteiger partial charge < -0.3 is 10.9 Å². The third kappa shape index (κ3) is 1.98. The van der Waals surface area contributed by atoms with Crippen molar-refractivity contribution >= 4 is 21.8 Å². The summed E-state index contributed by atoms with van der Waals surface area (Å²) in [5.74, 6) is 0.276. The molecule has 0 spiro atoms. The van der Waals surface area contributed by atoms with Gasteiger partial charge in [0.1, 0.15) is 6.33 Å². The fraction of sp³-hybridized carbons (Fsp3) is 0. The molecule has 82 valence electrons. The molecule has 0 aliphatic rings. The molecule has 0 radical (unpaired) electrons. The Balaban J connectivity index is 2.35. The van der Waals surface area contributed by atoms with Crippen molar-refractivity contribution in [3.63, 3.8) is 0 Å². The van der Waals surface area contributed by atoms with Crippen molar-refractivity contribution in [3.05, 3.63) is 29.0 Å². The number of nitrogens with two attached hydrogens (primary N) is 1. The summed E-state index contributed by atoms with van der Waals surface area (Å²) in [6.07, 6.45) is 4.52. The van der Waals surface area contributed by atoms with Gasteiger partial charge in [-0.3, -0.25) is 0 Å². The van der Waals surface area contributed by atoms with Crippen LogP contribution in [-0.2, 0) is 0 Å². The van der Waals surface area contributed by atoms with Crippen LogP contribution < -0.4 is 5.73 Å². The van der Waals surface area contributed by atoms with Crippen molar-refractivity contribution in [1.82, 2.24) is 24.7 Å². The first-order chi connectivity index (χ1) is 7.70. The summed E-state index contributed by atoms with van der Waals surface area (Å²) in [5.41, 5.74) is 5.32. The molecule has 0 amide bonds. The number of oxime groups is 1. The predicted molar refractivity (Wildman–Crippen MR) is 57.2 cm³/mol. The fourth-order valence-electron chi connectivity index (χ4n) is 0.945. The van der Waals surface area contributed by atoms with Gasteiger partial charge in [0.25, 0.3) is 5.95 Å². The van der Waals surface area contributed by atoms with Gasteiger partial charge in [-0.25, -0.2) is 15.0 Å². The number of hydrogen-bond donors (Lipinski definition) is 2. The Bertz CT molecular complexity index is 520. The predicted octanol–water partition coefficient (Wildman–Crippen LogP) is -0.0857. The molecule has 3 N–H and O–H groups in total. The summed E-state index contributed by atoms with van der Waals surface area (Å²) in [7, 11) is 0. The molecule has 0 aliphatic heterocycles. The lowest BCUT2D eigenvalue weighted by atomic mass is 10.6. The van der Waals surface area contributed by atoms with Crippen LogP contribution in [0.25, 0.3) is 5.95 Å². The van der Waals surface area contributed by atoms with E-state index in [4.69, 9.17) is 10.9 Å². The quantitative estimate of drug-likeness (QED) is 0.345. The van der Waals surface area contributed by atoms with Crippen LogP contribution in [0, 0.1) is 0 Å². The molecule has 9 heteroatoms. The zero-order valence-electron chi connectivity index (χ0n) is 7.82. The van der Waals surface area contributed by atoms with Crippen LogP contribution in [-0.4, -0.2) is 35.8 Å². The smallest absolute Gasteiger partial charge is 0.252 e. The van der Waals surface area contributed by atoms with Gasteiger partial charge in [0.05, 0.1) is 4.47 Å². The fourth-order valence-corrected chi connectivity index (χ4v) is 1.15. The summed E-state index contributed by atoms with van der Waals surface area (Å²) in [6.45, 7) is 0. The van der Waals surface area contributed by atoms with Crippen molar-refractivity contribution in [1.29, 1.82) is 0 Å². The minimum atomic E-state index is -0.170. The van der Waals surface area contributed by atoms with Crippen molar-refractivity contribution < 1.29 is 5.21 Å². The second-order valence-electron chi connectivity index (χ2n) is 2.70. The molecule has 2 heterocycles. The largest absolute Gasteiger partial charge is 0.409 e. The number of halogens is 1. The van der Waals surface area contributed by atoms with Crippen LogP contribution in [0.15, 0.2) is 28.3 Å². The Morgan fingerprint density at radius 1 is 1.38 bits per heavy atom.